The average molecular weight is 357 g/mol. The zero-order valence-corrected chi connectivity index (χ0v) is 14.2. The van der Waals surface area contributed by atoms with E-state index in [4.69, 9.17) is 4.74 Å². The highest BCUT2D eigenvalue weighted by Gasteiger charge is 2.42. The normalized spacial score (nSPS) is 25.0. The number of fused-ring (bicyclic) bond motifs is 1. The first-order valence-electron chi connectivity index (χ1n) is 8.77. The van der Waals surface area contributed by atoms with E-state index in [1.54, 1.807) is 12.4 Å². The Hall–Kier alpha value is -2.61. The Morgan fingerprint density at radius 2 is 2.12 bits per heavy atom. The van der Waals surface area contributed by atoms with E-state index in [-0.39, 0.29) is 18.1 Å². The summed E-state index contributed by atoms with van der Waals surface area (Å²) in [6.07, 6.45) is 7.56. The number of nitrogens with zero attached hydrogens (tertiary/aromatic N) is 4. The van der Waals surface area contributed by atoms with E-state index in [2.05, 4.69) is 20.3 Å². The molecule has 0 radical (unpaired) electrons. The molecule has 136 valence electrons. The molecule has 0 aliphatic carbocycles. The van der Waals surface area contributed by atoms with Crippen LogP contribution in [0.2, 0.25) is 0 Å². The van der Waals surface area contributed by atoms with Gasteiger partial charge in [-0.2, -0.15) is 0 Å². The minimum absolute atomic E-state index is 0.0356. The number of amides is 1. The molecule has 2 aromatic rings. The molecule has 2 aromatic heterocycles. The van der Waals surface area contributed by atoms with Crippen LogP contribution in [0.1, 0.15) is 24.8 Å². The number of ether oxygens (including phenoxy) is 1. The Bertz CT molecular complexity index is 758. The maximum atomic E-state index is 13.0. The summed E-state index contributed by atoms with van der Waals surface area (Å²) in [5, 5.41) is 2.91. The number of halogens is 1. The molecule has 0 saturated carbocycles. The highest BCUT2D eigenvalue weighted by molar-refractivity contribution is 5.80. The summed E-state index contributed by atoms with van der Waals surface area (Å²) in [4.78, 5) is 26.6. The summed E-state index contributed by atoms with van der Waals surface area (Å²) in [7, 11) is 0. The summed E-state index contributed by atoms with van der Waals surface area (Å²) in [6.45, 7) is 1.18. The van der Waals surface area contributed by atoms with Crippen molar-refractivity contribution in [1.29, 1.82) is 0 Å². The molecule has 2 aliphatic heterocycles. The van der Waals surface area contributed by atoms with E-state index in [1.165, 1.54) is 12.4 Å². The molecular formula is C18H20FN5O2. The molecule has 1 N–H and O–H groups in total. The van der Waals surface area contributed by atoms with E-state index in [0.29, 0.717) is 18.9 Å². The van der Waals surface area contributed by atoms with E-state index in [9.17, 15) is 9.18 Å². The number of anilines is 1. The van der Waals surface area contributed by atoms with Crippen molar-refractivity contribution >= 4 is 11.9 Å². The van der Waals surface area contributed by atoms with Crippen molar-refractivity contribution < 1.29 is 13.9 Å². The van der Waals surface area contributed by atoms with Gasteiger partial charge in [-0.05, 0) is 30.9 Å². The highest BCUT2D eigenvalue weighted by atomic mass is 19.1. The van der Waals surface area contributed by atoms with Crippen molar-refractivity contribution in [1.82, 2.24) is 20.3 Å². The van der Waals surface area contributed by atoms with Gasteiger partial charge in [-0.15, -0.1) is 0 Å². The van der Waals surface area contributed by atoms with Crippen LogP contribution in [0.3, 0.4) is 0 Å². The van der Waals surface area contributed by atoms with Crippen molar-refractivity contribution in [2.24, 2.45) is 0 Å². The van der Waals surface area contributed by atoms with Crippen molar-refractivity contribution in [3.05, 3.63) is 48.3 Å². The molecule has 0 aromatic carbocycles. The molecule has 8 heteroatoms. The smallest absolute Gasteiger partial charge is 0.249 e. The number of hydrogen-bond donors (Lipinski definition) is 1. The van der Waals surface area contributed by atoms with Gasteiger partial charge in [0, 0.05) is 25.5 Å². The standard InChI is InChI=1S/C18H20FN5O2/c19-13-10-22-18(23-11-13)24-7-5-15-14(24)3-4-16(26-15)17(25)21-9-12-2-1-6-20-8-12/h1-2,6,8,10-11,14-16H,3-5,7,9H2,(H,21,25)/t14-,15-,16+/m1/s1. The number of aromatic nitrogens is 3. The van der Waals surface area contributed by atoms with Crippen LogP contribution in [-0.2, 0) is 16.1 Å². The minimum atomic E-state index is -0.449. The Morgan fingerprint density at radius 1 is 1.27 bits per heavy atom. The lowest BCUT2D eigenvalue weighted by Gasteiger charge is -2.35. The van der Waals surface area contributed by atoms with Gasteiger partial charge in [0.05, 0.1) is 24.5 Å². The zero-order chi connectivity index (χ0) is 17.9. The summed E-state index contributed by atoms with van der Waals surface area (Å²) < 4.78 is 19.1. The predicted molar refractivity (Wildman–Crippen MR) is 91.7 cm³/mol. The highest BCUT2D eigenvalue weighted by Crippen LogP contribution is 2.33. The Morgan fingerprint density at radius 3 is 2.88 bits per heavy atom. The van der Waals surface area contributed by atoms with Gasteiger partial charge < -0.3 is 15.0 Å². The monoisotopic (exact) mass is 357 g/mol. The average Bonchev–Trinajstić information content (AvgIpc) is 3.11. The van der Waals surface area contributed by atoms with Gasteiger partial charge in [0.15, 0.2) is 5.82 Å². The molecule has 26 heavy (non-hydrogen) atoms. The van der Waals surface area contributed by atoms with Crippen LogP contribution < -0.4 is 10.2 Å². The Kier molecular flexibility index (Phi) is 4.75. The zero-order valence-electron chi connectivity index (χ0n) is 14.2. The van der Waals surface area contributed by atoms with Crippen LogP contribution in [0.15, 0.2) is 36.9 Å². The van der Waals surface area contributed by atoms with Gasteiger partial charge >= 0.3 is 0 Å². The number of carbonyl (C=O) groups excluding carboxylic acids is 1. The largest absolute Gasteiger partial charge is 0.363 e. The van der Waals surface area contributed by atoms with E-state index < -0.39 is 11.9 Å². The molecule has 4 heterocycles. The van der Waals surface area contributed by atoms with Crippen molar-refractivity contribution in [2.75, 3.05) is 11.4 Å². The summed E-state index contributed by atoms with van der Waals surface area (Å²) >= 11 is 0. The maximum Gasteiger partial charge on any atom is 0.249 e. The molecule has 3 atom stereocenters. The molecule has 2 aliphatic rings. The van der Waals surface area contributed by atoms with E-state index in [0.717, 1.165) is 24.9 Å². The third-order valence-electron chi connectivity index (χ3n) is 4.89. The van der Waals surface area contributed by atoms with E-state index in [1.807, 2.05) is 17.0 Å². The fourth-order valence-corrected chi connectivity index (χ4v) is 3.63. The predicted octanol–water partition coefficient (Wildman–Crippen LogP) is 1.45. The second-order valence-electron chi connectivity index (χ2n) is 6.57. The van der Waals surface area contributed by atoms with Crippen LogP contribution in [0.5, 0.6) is 0 Å². The van der Waals surface area contributed by atoms with Crippen LogP contribution in [0, 0.1) is 5.82 Å². The number of rotatable bonds is 4. The molecule has 1 amide bonds. The fraction of sp³-hybridized carbons (Fsp3) is 0.444. The van der Waals surface area contributed by atoms with Gasteiger partial charge in [0.2, 0.25) is 11.9 Å². The number of carbonyl (C=O) groups is 1. The topological polar surface area (TPSA) is 80.2 Å². The lowest BCUT2D eigenvalue weighted by Crippen LogP contribution is -2.48. The quantitative estimate of drug-likeness (QED) is 0.892. The number of nitrogens with one attached hydrogen (secondary N) is 1. The molecule has 4 rings (SSSR count). The lowest BCUT2D eigenvalue weighted by atomic mass is 9.98. The van der Waals surface area contributed by atoms with Crippen molar-refractivity contribution in [3.8, 4) is 0 Å². The van der Waals surface area contributed by atoms with Crippen LogP contribution in [0.4, 0.5) is 10.3 Å². The summed E-state index contributed by atoms with van der Waals surface area (Å²) in [5.74, 6) is -0.0273. The number of pyridine rings is 1. The van der Waals surface area contributed by atoms with E-state index >= 15 is 0 Å². The molecule has 2 fully saturated rings. The second-order valence-corrected chi connectivity index (χ2v) is 6.57. The van der Waals surface area contributed by atoms with Crippen LogP contribution in [-0.4, -0.2) is 45.7 Å². The molecule has 0 bridgehead atoms. The minimum Gasteiger partial charge on any atom is -0.363 e. The summed E-state index contributed by atoms with van der Waals surface area (Å²) in [6, 6.07) is 3.89. The maximum absolute atomic E-state index is 13.0. The molecule has 2 saturated heterocycles. The lowest BCUT2D eigenvalue weighted by molar-refractivity contribution is -0.141. The first-order chi connectivity index (χ1) is 12.7. The first kappa shape index (κ1) is 16.8. The SMILES string of the molecule is O=C(NCc1cccnc1)[C@@H]1CC[C@@H]2[C@@H](CCN2c2ncc(F)cn2)O1. The van der Waals surface area contributed by atoms with Crippen LogP contribution in [0.25, 0.3) is 0 Å². The van der Waals surface area contributed by atoms with Gasteiger partial charge in [-0.3, -0.25) is 9.78 Å². The molecule has 0 unspecified atom stereocenters. The van der Waals surface area contributed by atoms with Gasteiger partial charge in [0.25, 0.3) is 0 Å². The third-order valence-corrected chi connectivity index (χ3v) is 4.89. The molecular weight excluding hydrogens is 337 g/mol. The van der Waals surface area contributed by atoms with Crippen LogP contribution >= 0.6 is 0 Å². The molecule has 0 spiro atoms. The fourth-order valence-electron chi connectivity index (χ4n) is 3.63. The number of hydrogen-bond acceptors (Lipinski definition) is 6. The molecule has 7 nitrogen and oxygen atoms in total. The third kappa shape index (κ3) is 3.50. The van der Waals surface area contributed by atoms with Gasteiger partial charge in [0.1, 0.15) is 6.10 Å². The Labute approximate surface area is 150 Å². The van der Waals surface area contributed by atoms with Crippen molar-refractivity contribution in [2.45, 2.75) is 44.1 Å². The first-order valence-corrected chi connectivity index (χ1v) is 8.77. The Balaban J connectivity index is 1.34. The van der Waals surface area contributed by atoms with Crippen molar-refractivity contribution in [3.63, 3.8) is 0 Å². The second kappa shape index (κ2) is 7.33. The van der Waals surface area contributed by atoms with Gasteiger partial charge in [-0.1, -0.05) is 6.07 Å². The van der Waals surface area contributed by atoms with Gasteiger partial charge in [-0.25, -0.2) is 14.4 Å². The summed E-state index contributed by atoms with van der Waals surface area (Å²) in [5.41, 5.74) is 0.954.